The summed E-state index contributed by atoms with van der Waals surface area (Å²) in [5.74, 6) is 1.51. The topological polar surface area (TPSA) is 73.3 Å². The van der Waals surface area contributed by atoms with E-state index in [2.05, 4.69) is 32.4 Å². The minimum Gasteiger partial charge on any atom is -0.486 e. The summed E-state index contributed by atoms with van der Waals surface area (Å²) in [5.41, 5.74) is 1.41. The van der Waals surface area contributed by atoms with Crippen LogP contribution in [0.4, 0.5) is 9.93 Å². The van der Waals surface area contributed by atoms with Gasteiger partial charge in [-0.2, -0.15) is 0 Å². The number of nitrogens with zero attached hydrogens (tertiary/aromatic N) is 2. The predicted octanol–water partition coefficient (Wildman–Crippen LogP) is 4.34. The average Bonchev–Trinajstić information content (AvgIpc) is 3.08. The van der Waals surface area contributed by atoms with E-state index in [9.17, 15) is 4.79 Å². The van der Waals surface area contributed by atoms with E-state index >= 15 is 0 Å². The third kappa shape index (κ3) is 4.44. The summed E-state index contributed by atoms with van der Waals surface area (Å²) in [4.78, 5) is 11.1. The number of aromatic nitrogens is 2. The average molecular weight is 347 g/mol. The third-order valence-electron chi connectivity index (χ3n) is 4.18. The number of ether oxygens (including phenoxy) is 2. The Morgan fingerprint density at radius 1 is 1.21 bits per heavy atom. The molecule has 1 saturated carbocycles. The van der Waals surface area contributed by atoms with Gasteiger partial charge in [0.2, 0.25) is 5.13 Å². The van der Waals surface area contributed by atoms with Gasteiger partial charge in [0.25, 0.3) is 0 Å². The molecular formula is C17H21N3O3S. The number of hydrogen-bond acceptors (Lipinski definition) is 6. The smallest absolute Gasteiger partial charge is 0.413 e. The highest BCUT2D eigenvalue weighted by atomic mass is 32.1. The number of rotatable bonds is 5. The van der Waals surface area contributed by atoms with Crippen molar-refractivity contribution in [3.8, 4) is 5.75 Å². The lowest BCUT2D eigenvalue weighted by molar-refractivity contribution is 0.187. The molecule has 2 aromatic rings. The van der Waals surface area contributed by atoms with Crippen molar-refractivity contribution >= 4 is 22.6 Å². The molecular weight excluding hydrogens is 326 g/mol. The van der Waals surface area contributed by atoms with Gasteiger partial charge in [0, 0.05) is 0 Å². The van der Waals surface area contributed by atoms with Crippen LogP contribution in [0.25, 0.3) is 0 Å². The van der Waals surface area contributed by atoms with Gasteiger partial charge in [0.15, 0.2) is 5.01 Å². The first-order valence-electron chi connectivity index (χ1n) is 8.14. The Kier molecular flexibility index (Phi) is 5.63. The molecule has 1 aliphatic carbocycles. The molecule has 1 aliphatic rings. The van der Waals surface area contributed by atoms with E-state index in [1.165, 1.54) is 56.1 Å². The van der Waals surface area contributed by atoms with E-state index in [4.69, 9.17) is 4.74 Å². The van der Waals surface area contributed by atoms with Gasteiger partial charge in [-0.25, -0.2) is 4.79 Å². The number of anilines is 1. The molecule has 0 saturated heterocycles. The van der Waals surface area contributed by atoms with E-state index in [0.717, 1.165) is 5.75 Å². The molecule has 0 spiro atoms. The van der Waals surface area contributed by atoms with Crippen molar-refractivity contribution in [2.75, 3.05) is 12.4 Å². The van der Waals surface area contributed by atoms with Gasteiger partial charge in [0.05, 0.1) is 7.11 Å². The molecule has 128 valence electrons. The van der Waals surface area contributed by atoms with Gasteiger partial charge < -0.3 is 9.47 Å². The van der Waals surface area contributed by atoms with Crippen LogP contribution in [0.5, 0.6) is 5.75 Å². The molecule has 7 heteroatoms. The molecule has 1 amide bonds. The van der Waals surface area contributed by atoms with Crippen LogP contribution < -0.4 is 10.1 Å². The third-order valence-corrected chi connectivity index (χ3v) is 4.99. The zero-order valence-electron chi connectivity index (χ0n) is 13.7. The molecule has 1 fully saturated rings. The number of nitrogens with one attached hydrogen (secondary N) is 1. The lowest BCUT2D eigenvalue weighted by Gasteiger charge is -2.22. The highest BCUT2D eigenvalue weighted by Gasteiger charge is 2.15. The van der Waals surface area contributed by atoms with Gasteiger partial charge >= 0.3 is 6.09 Å². The van der Waals surface area contributed by atoms with Gasteiger partial charge in [-0.15, -0.1) is 10.2 Å². The molecule has 0 bridgehead atoms. The summed E-state index contributed by atoms with van der Waals surface area (Å²) in [5, 5.41) is 11.4. The SMILES string of the molecule is COC(=O)Nc1nnc(COc2ccc(C3CCCCC3)cc2)s1. The number of benzene rings is 1. The van der Waals surface area contributed by atoms with Crippen LogP contribution in [-0.2, 0) is 11.3 Å². The summed E-state index contributed by atoms with van der Waals surface area (Å²) in [6, 6.07) is 8.35. The fourth-order valence-electron chi connectivity index (χ4n) is 2.92. The molecule has 24 heavy (non-hydrogen) atoms. The molecule has 0 unspecified atom stereocenters. The summed E-state index contributed by atoms with van der Waals surface area (Å²) in [6.45, 7) is 0.323. The maximum absolute atomic E-state index is 11.1. The van der Waals surface area contributed by atoms with Crippen molar-refractivity contribution in [2.45, 2.75) is 44.6 Å². The van der Waals surface area contributed by atoms with Crippen LogP contribution in [0.1, 0.15) is 48.6 Å². The molecule has 1 aromatic heterocycles. The van der Waals surface area contributed by atoms with E-state index in [1.54, 1.807) is 0 Å². The Balaban J connectivity index is 1.52. The summed E-state index contributed by atoms with van der Waals surface area (Å²) in [7, 11) is 1.30. The number of methoxy groups -OCH3 is 1. The van der Waals surface area contributed by atoms with Crippen LogP contribution in [0.15, 0.2) is 24.3 Å². The van der Waals surface area contributed by atoms with Crippen molar-refractivity contribution in [1.29, 1.82) is 0 Å². The molecule has 0 atom stereocenters. The van der Waals surface area contributed by atoms with E-state index in [0.29, 0.717) is 22.7 Å². The van der Waals surface area contributed by atoms with Crippen molar-refractivity contribution < 1.29 is 14.3 Å². The monoisotopic (exact) mass is 347 g/mol. The molecule has 0 radical (unpaired) electrons. The van der Waals surface area contributed by atoms with Gasteiger partial charge in [0.1, 0.15) is 12.4 Å². The Morgan fingerprint density at radius 3 is 2.67 bits per heavy atom. The molecule has 1 N–H and O–H groups in total. The summed E-state index contributed by atoms with van der Waals surface area (Å²) in [6.07, 6.45) is 6.06. The van der Waals surface area contributed by atoms with E-state index < -0.39 is 6.09 Å². The van der Waals surface area contributed by atoms with Crippen molar-refractivity contribution in [1.82, 2.24) is 10.2 Å². The Morgan fingerprint density at radius 2 is 1.96 bits per heavy atom. The Labute approximate surface area is 145 Å². The summed E-state index contributed by atoms with van der Waals surface area (Å²) < 4.78 is 10.3. The first-order chi connectivity index (χ1) is 11.7. The lowest BCUT2D eigenvalue weighted by Crippen LogP contribution is -2.10. The highest BCUT2D eigenvalue weighted by molar-refractivity contribution is 7.15. The van der Waals surface area contributed by atoms with Crippen LogP contribution >= 0.6 is 11.3 Å². The van der Waals surface area contributed by atoms with Gasteiger partial charge in [-0.1, -0.05) is 42.7 Å². The van der Waals surface area contributed by atoms with Crippen LogP contribution in [0, 0.1) is 0 Å². The lowest BCUT2D eigenvalue weighted by atomic mass is 9.84. The summed E-state index contributed by atoms with van der Waals surface area (Å²) >= 11 is 1.26. The number of carbonyl (C=O) groups is 1. The molecule has 0 aliphatic heterocycles. The van der Waals surface area contributed by atoms with E-state index in [-0.39, 0.29) is 0 Å². The fraction of sp³-hybridized carbons (Fsp3) is 0.471. The zero-order valence-corrected chi connectivity index (χ0v) is 14.5. The molecule has 3 rings (SSSR count). The number of carbonyl (C=O) groups excluding carboxylic acids is 1. The first kappa shape index (κ1) is 16.7. The molecule has 1 heterocycles. The second-order valence-corrected chi connectivity index (χ2v) is 6.87. The van der Waals surface area contributed by atoms with Gasteiger partial charge in [-0.3, -0.25) is 5.32 Å². The minimum atomic E-state index is -0.558. The van der Waals surface area contributed by atoms with Crippen LogP contribution in [-0.4, -0.2) is 23.4 Å². The van der Waals surface area contributed by atoms with Gasteiger partial charge in [-0.05, 0) is 36.5 Å². The maximum Gasteiger partial charge on any atom is 0.413 e. The largest absolute Gasteiger partial charge is 0.486 e. The number of hydrogen-bond donors (Lipinski definition) is 1. The van der Waals surface area contributed by atoms with E-state index in [1.807, 2.05) is 12.1 Å². The van der Waals surface area contributed by atoms with Crippen LogP contribution in [0.2, 0.25) is 0 Å². The Hall–Kier alpha value is -2.15. The van der Waals surface area contributed by atoms with Crippen molar-refractivity contribution in [2.24, 2.45) is 0 Å². The van der Waals surface area contributed by atoms with Crippen molar-refractivity contribution in [3.63, 3.8) is 0 Å². The van der Waals surface area contributed by atoms with Crippen LogP contribution in [0.3, 0.4) is 0 Å². The minimum absolute atomic E-state index is 0.323. The predicted molar refractivity (Wildman–Crippen MR) is 92.5 cm³/mol. The second kappa shape index (κ2) is 8.10. The number of amides is 1. The van der Waals surface area contributed by atoms with Crippen molar-refractivity contribution in [3.05, 3.63) is 34.8 Å². The zero-order chi connectivity index (χ0) is 16.8. The quantitative estimate of drug-likeness (QED) is 0.871. The standard InChI is InChI=1S/C17H21N3O3S/c1-22-17(21)18-16-20-19-15(24-16)11-23-14-9-7-13(8-10-14)12-5-3-2-4-6-12/h7-10,12H,2-6,11H2,1H3,(H,18,20,21). The Bertz CT molecular complexity index is 666. The molecule has 1 aromatic carbocycles. The normalized spacial score (nSPS) is 15.0. The maximum atomic E-state index is 11.1. The fourth-order valence-corrected chi connectivity index (χ4v) is 3.56. The molecule has 6 nitrogen and oxygen atoms in total. The first-order valence-corrected chi connectivity index (χ1v) is 8.96. The second-order valence-electron chi connectivity index (χ2n) is 5.81. The highest BCUT2D eigenvalue weighted by Crippen LogP contribution is 2.33.